The van der Waals surface area contributed by atoms with Crippen molar-refractivity contribution in [2.24, 2.45) is 17.8 Å². The number of halogens is 1. The predicted molar refractivity (Wildman–Crippen MR) is 88.7 cm³/mol. The van der Waals surface area contributed by atoms with Gasteiger partial charge in [0.05, 0.1) is 5.41 Å². The third-order valence-corrected chi connectivity index (χ3v) is 7.23. The summed E-state index contributed by atoms with van der Waals surface area (Å²) in [5, 5.41) is 3.00. The largest absolute Gasteiger partial charge is 0.325 e. The minimum atomic E-state index is -0.410. The number of carbonyl (C=O) groups is 1. The molecule has 4 unspecified atom stereocenters. The van der Waals surface area contributed by atoms with Crippen LogP contribution in [0.1, 0.15) is 55.5 Å². The Morgan fingerprint density at radius 1 is 1.29 bits per heavy atom. The van der Waals surface area contributed by atoms with Gasteiger partial charge in [0.1, 0.15) is 0 Å². The molecule has 2 saturated carbocycles. The molecule has 0 radical (unpaired) electrons. The summed E-state index contributed by atoms with van der Waals surface area (Å²) in [6, 6.07) is 6.52. The van der Waals surface area contributed by atoms with Gasteiger partial charge in [0.25, 0.3) is 0 Å². The summed E-state index contributed by atoms with van der Waals surface area (Å²) in [6.07, 6.45) is 5.66. The van der Waals surface area contributed by atoms with E-state index in [1.165, 1.54) is 31.2 Å². The number of anilines is 1. The quantitative estimate of drug-likeness (QED) is 0.765. The molecule has 0 saturated heterocycles. The second kappa shape index (κ2) is 4.58. The van der Waals surface area contributed by atoms with Gasteiger partial charge in [0.2, 0.25) is 5.91 Å². The Kier molecular flexibility index (Phi) is 3.01. The Morgan fingerprint density at radius 2 is 2.10 bits per heavy atom. The molecule has 4 atom stereocenters. The fourth-order valence-corrected chi connectivity index (χ4v) is 5.59. The average molecular weight is 348 g/mol. The number of carbonyl (C=O) groups excluding carboxylic acids is 1. The lowest BCUT2D eigenvalue weighted by atomic mass is 9.81. The zero-order valence-corrected chi connectivity index (χ0v) is 14.2. The van der Waals surface area contributed by atoms with Gasteiger partial charge in [-0.15, -0.1) is 0 Å². The summed E-state index contributed by atoms with van der Waals surface area (Å²) < 4.78 is 0. The number of alkyl halides is 1. The lowest BCUT2D eigenvalue weighted by Crippen LogP contribution is -2.27. The highest BCUT2D eigenvalue weighted by atomic mass is 79.9. The minimum Gasteiger partial charge on any atom is -0.325 e. The van der Waals surface area contributed by atoms with E-state index < -0.39 is 5.41 Å². The van der Waals surface area contributed by atoms with Gasteiger partial charge in [-0.05, 0) is 68.1 Å². The van der Waals surface area contributed by atoms with E-state index in [4.69, 9.17) is 0 Å². The second-order valence-corrected chi connectivity index (χ2v) is 8.61. The summed E-state index contributed by atoms with van der Waals surface area (Å²) in [5.74, 6) is 2.75. The Bertz CT molecular complexity index is 609. The van der Waals surface area contributed by atoms with Gasteiger partial charge in [0.15, 0.2) is 0 Å². The van der Waals surface area contributed by atoms with Crippen LogP contribution in [-0.2, 0) is 10.2 Å². The summed E-state index contributed by atoms with van der Waals surface area (Å²) in [7, 11) is 0. The highest BCUT2D eigenvalue weighted by molar-refractivity contribution is 9.09. The Morgan fingerprint density at radius 3 is 2.76 bits per heavy atom. The van der Waals surface area contributed by atoms with Crippen LogP contribution in [0, 0.1) is 17.8 Å². The fraction of sp³-hybridized carbons (Fsp3) is 0.611. The van der Waals surface area contributed by atoms with E-state index >= 15 is 0 Å². The first-order valence-electron chi connectivity index (χ1n) is 8.07. The van der Waals surface area contributed by atoms with Gasteiger partial charge >= 0.3 is 0 Å². The van der Waals surface area contributed by atoms with Crippen LogP contribution in [0.4, 0.5) is 5.69 Å². The number of fused-ring (bicyclic) bond motifs is 3. The van der Waals surface area contributed by atoms with Crippen molar-refractivity contribution < 1.29 is 4.79 Å². The molecule has 2 fully saturated rings. The number of hydrogen-bond donors (Lipinski definition) is 1. The topological polar surface area (TPSA) is 29.1 Å². The maximum Gasteiger partial charge on any atom is 0.234 e. The van der Waals surface area contributed by atoms with E-state index in [1.54, 1.807) is 0 Å². The van der Waals surface area contributed by atoms with Gasteiger partial charge in [-0.25, -0.2) is 0 Å². The molecule has 2 nitrogen and oxygen atoms in total. The van der Waals surface area contributed by atoms with Crippen molar-refractivity contribution in [1.29, 1.82) is 0 Å². The van der Waals surface area contributed by atoms with E-state index in [-0.39, 0.29) is 5.91 Å². The van der Waals surface area contributed by atoms with Gasteiger partial charge in [-0.3, -0.25) is 4.79 Å². The standard InChI is InChI=1S/C18H22BrNO/c1-18(2)14-9-12(5-6-15(14)20-17(18)21)16(19)13-8-10-3-4-11(13)7-10/h5-6,9-11,13,16H,3-4,7-8H2,1-2H3,(H,20,21). The molecule has 1 aliphatic heterocycles. The molecule has 1 heterocycles. The van der Waals surface area contributed by atoms with Gasteiger partial charge in [0, 0.05) is 10.5 Å². The normalized spacial score (nSPS) is 33.9. The maximum absolute atomic E-state index is 12.1. The fourth-order valence-electron chi connectivity index (χ4n) is 4.66. The van der Waals surface area contributed by atoms with Crippen molar-refractivity contribution in [1.82, 2.24) is 0 Å². The zero-order chi connectivity index (χ0) is 14.8. The Balaban J connectivity index is 1.65. The van der Waals surface area contributed by atoms with E-state index in [0.29, 0.717) is 4.83 Å². The van der Waals surface area contributed by atoms with Crippen LogP contribution in [0.3, 0.4) is 0 Å². The summed E-state index contributed by atoms with van der Waals surface area (Å²) >= 11 is 3.97. The second-order valence-electron chi connectivity index (χ2n) is 7.62. The molecule has 2 bridgehead atoms. The van der Waals surface area contributed by atoms with Crippen molar-refractivity contribution in [2.45, 2.75) is 49.8 Å². The predicted octanol–water partition coefficient (Wildman–Crippen LogP) is 4.79. The van der Waals surface area contributed by atoms with E-state index in [9.17, 15) is 4.79 Å². The van der Waals surface area contributed by atoms with E-state index in [1.807, 2.05) is 13.8 Å². The molecule has 4 rings (SSSR count). The average Bonchev–Trinajstić information content (AvgIpc) is 3.13. The van der Waals surface area contributed by atoms with Crippen LogP contribution in [0.15, 0.2) is 18.2 Å². The molecule has 1 aromatic carbocycles. The monoisotopic (exact) mass is 347 g/mol. The molecule has 2 aliphatic carbocycles. The van der Waals surface area contributed by atoms with Gasteiger partial charge < -0.3 is 5.32 Å². The van der Waals surface area contributed by atoms with Crippen LogP contribution in [0.5, 0.6) is 0 Å². The van der Waals surface area contributed by atoms with Crippen molar-refractivity contribution in [3.63, 3.8) is 0 Å². The summed E-state index contributed by atoms with van der Waals surface area (Å²) in [5.41, 5.74) is 3.07. The molecule has 1 amide bonds. The number of hydrogen-bond acceptors (Lipinski definition) is 1. The third kappa shape index (κ3) is 2.00. The molecule has 3 aliphatic rings. The number of amides is 1. The van der Waals surface area contributed by atoms with Crippen molar-refractivity contribution in [3.05, 3.63) is 29.3 Å². The molecule has 1 aromatic rings. The van der Waals surface area contributed by atoms with Crippen LogP contribution in [0.25, 0.3) is 0 Å². The van der Waals surface area contributed by atoms with Crippen LogP contribution >= 0.6 is 15.9 Å². The number of rotatable bonds is 2. The highest BCUT2D eigenvalue weighted by Gasteiger charge is 2.44. The van der Waals surface area contributed by atoms with Crippen LogP contribution < -0.4 is 5.32 Å². The first-order chi connectivity index (χ1) is 9.96. The lowest BCUT2D eigenvalue weighted by Gasteiger charge is -2.27. The molecule has 112 valence electrons. The van der Waals surface area contributed by atoms with Crippen LogP contribution in [-0.4, -0.2) is 5.91 Å². The molecular formula is C18H22BrNO. The number of nitrogens with one attached hydrogen (secondary N) is 1. The molecule has 21 heavy (non-hydrogen) atoms. The lowest BCUT2D eigenvalue weighted by molar-refractivity contribution is -0.119. The van der Waals surface area contributed by atoms with E-state index in [0.717, 1.165) is 29.0 Å². The first kappa shape index (κ1) is 13.8. The number of benzene rings is 1. The van der Waals surface area contributed by atoms with Crippen molar-refractivity contribution in [2.75, 3.05) is 5.32 Å². The van der Waals surface area contributed by atoms with Crippen molar-refractivity contribution >= 4 is 27.5 Å². The Hall–Kier alpha value is -0.830. The van der Waals surface area contributed by atoms with Crippen molar-refractivity contribution in [3.8, 4) is 0 Å². The molecule has 1 N–H and O–H groups in total. The smallest absolute Gasteiger partial charge is 0.234 e. The first-order valence-corrected chi connectivity index (χ1v) is 8.98. The minimum absolute atomic E-state index is 0.112. The highest BCUT2D eigenvalue weighted by Crippen LogP contribution is 2.55. The Labute approximate surface area is 134 Å². The molecular weight excluding hydrogens is 326 g/mol. The molecule has 3 heteroatoms. The van der Waals surface area contributed by atoms with Gasteiger partial charge in [-0.2, -0.15) is 0 Å². The van der Waals surface area contributed by atoms with Gasteiger partial charge in [-0.1, -0.05) is 34.5 Å². The maximum atomic E-state index is 12.1. The molecule has 0 aromatic heterocycles. The van der Waals surface area contributed by atoms with Crippen LogP contribution in [0.2, 0.25) is 0 Å². The summed E-state index contributed by atoms with van der Waals surface area (Å²) in [6.45, 7) is 4.03. The summed E-state index contributed by atoms with van der Waals surface area (Å²) in [4.78, 5) is 12.5. The van der Waals surface area contributed by atoms with E-state index in [2.05, 4.69) is 39.4 Å². The SMILES string of the molecule is CC1(C)C(=O)Nc2ccc(C(Br)C3CC4CCC3C4)cc21. The third-order valence-electron chi connectivity index (χ3n) is 6.02. The molecule has 0 spiro atoms. The zero-order valence-electron chi connectivity index (χ0n) is 12.7.